The van der Waals surface area contributed by atoms with Crippen molar-refractivity contribution in [3.8, 4) is 0 Å². The number of aryl methyl sites for hydroxylation is 1. The zero-order chi connectivity index (χ0) is 16.7. The number of likely N-dealkylation sites (N-methyl/N-ethyl adjacent to an activating group) is 1. The molecular formula is C18H22N2O3. The van der Waals surface area contributed by atoms with Gasteiger partial charge in [0.25, 0.3) is 5.69 Å². The highest BCUT2D eigenvalue weighted by molar-refractivity contribution is 5.32. The van der Waals surface area contributed by atoms with Gasteiger partial charge < -0.3 is 5.11 Å². The zero-order valence-corrected chi connectivity index (χ0v) is 13.3. The number of nitro groups is 1. The van der Waals surface area contributed by atoms with Gasteiger partial charge in [0, 0.05) is 12.1 Å². The Labute approximate surface area is 136 Å². The molecule has 0 aliphatic rings. The van der Waals surface area contributed by atoms with Gasteiger partial charge >= 0.3 is 0 Å². The fourth-order valence-corrected chi connectivity index (χ4v) is 2.65. The third kappa shape index (κ3) is 4.87. The molecule has 0 fully saturated rings. The van der Waals surface area contributed by atoms with Crippen molar-refractivity contribution in [3.05, 3.63) is 75.8 Å². The van der Waals surface area contributed by atoms with Gasteiger partial charge in [-0.25, -0.2) is 0 Å². The first-order chi connectivity index (χ1) is 11.1. The number of non-ortho nitro benzene ring substituents is 1. The summed E-state index contributed by atoms with van der Waals surface area (Å²) in [5.74, 6) is 0. The van der Waals surface area contributed by atoms with E-state index in [4.69, 9.17) is 0 Å². The lowest BCUT2D eigenvalue weighted by molar-refractivity contribution is -0.384. The lowest BCUT2D eigenvalue weighted by atomic mass is 10.1. The van der Waals surface area contributed by atoms with E-state index in [1.165, 1.54) is 0 Å². The second-order valence-electron chi connectivity index (χ2n) is 5.62. The molecule has 2 aromatic carbocycles. The van der Waals surface area contributed by atoms with Crippen LogP contribution >= 0.6 is 0 Å². The van der Waals surface area contributed by atoms with Crippen LogP contribution in [0.1, 0.15) is 23.6 Å². The first-order valence-corrected chi connectivity index (χ1v) is 7.71. The van der Waals surface area contributed by atoms with Gasteiger partial charge in [-0.05, 0) is 37.6 Å². The van der Waals surface area contributed by atoms with Gasteiger partial charge in [-0.2, -0.15) is 0 Å². The molecule has 5 nitrogen and oxygen atoms in total. The largest absolute Gasteiger partial charge is 0.394 e. The van der Waals surface area contributed by atoms with Crippen LogP contribution in [0.15, 0.2) is 54.6 Å². The fraction of sp³-hybridized carbons (Fsp3) is 0.333. The summed E-state index contributed by atoms with van der Waals surface area (Å²) in [6, 6.07) is 16.6. The van der Waals surface area contributed by atoms with Crippen LogP contribution in [0.3, 0.4) is 0 Å². The van der Waals surface area contributed by atoms with Crippen LogP contribution in [-0.4, -0.2) is 35.1 Å². The molecule has 0 aliphatic heterocycles. The van der Waals surface area contributed by atoms with Crippen LogP contribution in [0.5, 0.6) is 0 Å². The van der Waals surface area contributed by atoms with Crippen LogP contribution < -0.4 is 0 Å². The maximum Gasteiger partial charge on any atom is 0.269 e. The normalized spacial score (nSPS) is 12.3. The molecule has 0 saturated heterocycles. The standard InChI is InChI=1S/C18H22N2O3/c1-19(18(14-21)16-7-3-2-4-8-16)13-5-6-15-9-11-17(12-10-15)20(22)23/h2-4,7-12,18,21H,5-6,13-14H2,1H3/t18-/m0/s1. The number of hydrogen-bond acceptors (Lipinski definition) is 4. The summed E-state index contributed by atoms with van der Waals surface area (Å²) in [5, 5.41) is 20.3. The van der Waals surface area contributed by atoms with E-state index in [2.05, 4.69) is 4.90 Å². The molecule has 0 bridgehead atoms. The van der Waals surface area contributed by atoms with Crippen molar-refractivity contribution in [2.75, 3.05) is 20.2 Å². The molecule has 0 spiro atoms. The minimum atomic E-state index is -0.386. The molecule has 0 aliphatic carbocycles. The summed E-state index contributed by atoms with van der Waals surface area (Å²) in [6.45, 7) is 0.926. The number of nitrogens with zero attached hydrogens (tertiary/aromatic N) is 2. The monoisotopic (exact) mass is 314 g/mol. The molecule has 0 radical (unpaired) electrons. The molecule has 0 saturated carbocycles. The lowest BCUT2D eigenvalue weighted by Gasteiger charge is -2.26. The molecule has 0 heterocycles. The van der Waals surface area contributed by atoms with E-state index >= 15 is 0 Å². The van der Waals surface area contributed by atoms with Gasteiger partial charge in [-0.1, -0.05) is 42.5 Å². The van der Waals surface area contributed by atoms with Crippen molar-refractivity contribution in [1.29, 1.82) is 0 Å². The summed E-state index contributed by atoms with van der Waals surface area (Å²) in [5.41, 5.74) is 2.31. The maximum atomic E-state index is 10.6. The predicted octanol–water partition coefficient (Wildman–Crippen LogP) is 3.19. The Bertz CT molecular complexity index is 614. The lowest BCUT2D eigenvalue weighted by Crippen LogP contribution is -2.28. The van der Waals surface area contributed by atoms with Crippen LogP contribution in [0.25, 0.3) is 0 Å². The molecule has 1 N–H and O–H groups in total. The molecule has 0 unspecified atom stereocenters. The highest BCUT2D eigenvalue weighted by Crippen LogP contribution is 2.19. The highest BCUT2D eigenvalue weighted by Gasteiger charge is 2.15. The Balaban J connectivity index is 1.86. The summed E-state index contributed by atoms with van der Waals surface area (Å²) in [6.07, 6.45) is 1.78. The van der Waals surface area contributed by atoms with E-state index in [1.54, 1.807) is 24.3 Å². The highest BCUT2D eigenvalue weighted by atomic mass is 16.6. The number of hydrogen-bond donors (Lipinski definition) is 1. The summed E-state index contributed by atoms with van der Waals surface area (Å²) in [7, 11) is 2.00. The Morgan fingerprint density at radius 3 is 2.35 bits per heavy atom. The van der Waals surface area contributed by atoms with Crippen molar-refractivity contribution in [2.45, 2.75) is 18.9 Å². The van der Waals surface area contributed by atoms with Crippen molar-refractivity contribution >= 4 is 5.69 Å². The quantitative estimate of drug-likeness (QED) is 0.600. The minimum Gasteiger partial charge on any atom is -0.394 e. The molecule has 2 rings (SSSR count). The average Bonchev–Trinajstić information content (AvgIpc) is 2.57. The van der Waals surface area contributed by atoms with Gasteiger partial charge in [-0.3, -0.25) is 15.0 Å². The molecule has 1 atom stereocenters. The number of nitro benzene ring substituents is 1. The second kappa shape index (κ2) is 8.41. The molecule has 2 aromatic rings. The molecule has 0 aromatic heterocycles. The van der Waals surface area contributed by atoms with Gasteiger partial charge in [0.1, 0.15) is 0 Å². The molecule has 0 amide bonds. The number of benzene rings is 2. The third-order valence-electron chi connectivity index (χ3n) is 4.01. The SMILES string of the molecule is CN(CCCc1ccc([N+](=O)[O-])cc1)[C@@H](CO)c1ccccc1. The maximum absolute atomic E-state index is 10.6. The van der Waals surface area contributed by atoms with Crippen LogP contribution in [0.2, 0.25) is 0 Å². The Morgan fingerprint density at radius 1 is 1.13 bits per heavy atom. The zero-order valence-electron chi connectivity index (χ0n) is 13.3. The van der Waals surface area contributed by atoms with Gasteiger partial charge in [-0.15, -0.1) is 0 Å². The first kappa shape index (κ1) is 17.1. The van der Waals surface area contributed by atoms with Crippen LogP contribution in [-0.2, 0) is 6.42 Å². The Morgan fingerprint density at radius 2 is 1.78 bits per heavy atom. The third-order valence-corrected chi connectivity index (χ3v) is 4.01. The van der Waals surface area contributed by atoms with Gasteiger partial charge in [0.05, 0.1) is 17.6 Å². The summed E-state index contributed by atoms with van der Waals surface area (Å²) in [4.78, 5) is 12.4. The fourth-order valence-electron chi connectivity index (χ4n) is 2.65. The van der Waals surface area contributed by atoms with E-state index in [-0.39, 0.29) is 23.3 Å². The van der Waals surface area contributed by atoms with E-state index in [0.717, 1.165) is 30.5 Å². The summed E-state index contributed by atoms with van der Waals surface area (Å²) < 4.78 is 0. The predicted molar refractivity (Wildman–Crippen MR) is 90.3 cm³/mol. The van der Waals surface area contributed by atoms with Gasteiger partial charge in [0.2, 0.25) is 0 Å². The van der Waals surface area contributed by atoms with E-state index < -0.39 is 0 Å². The smallest absolute Gasteiger partial charge is 0.269 e. The van der Waals surface area contributed by atoms with E-state index in [1.807, 2.05) is 37.4 Å². The second-order valence-corrected chi connectivity index (χ2v) is 5.62. The van der Waals surface area contributed by atoms with Crippen molar-refractivity contribution in [1.82, 2.24) is 4.90 Å². The molecule has 5 heteroatoms. The van der Waals surface area contributed by atoms with Gasteiger partial charge in [0.15, 0.2) is 0 Å². The minimum absolute atomic E-state index is 0.00643. The topological polar surface area (TPSA) is 66.6 Å². The Hall–Kier alpha value is -2.24. The van der Waals surface area contributed by atoms with Crippen LogP contribution in [0, 0.1) is 10.1 Å². The molecule has 122 valence electrons. The van der Waals surface area contributed by atoms with Crippen molar-refractivity contribution < 1.29 is 10.0 Å². The van der Waals surface area contributed by atoms with Crippen molar-refractivity contribution in [3.63, 3.8) is 0 Å². The van der Waals surface area contributed by atoms with Crippen molar-refractivity contribution in [2.24, 2.45) is 0 Å². The number of aliphatic hydroxyl groups is 1. The van der Waals surface area contributed by atoms with Crippen LogP contribution in [0.4, 0.5) is 5.69 Å². The number of rotatable bonds is 8. The summed E-state index contributed by atoms with van der Waals surface area (Å²) >= 11 is 0. The number of aliphatic hydroxyl groups excluding tert-OH is 1. The average molecular weight is 314 g/mol. The Kier molecular flexibility index (Phi) is 6.26. The molecular weight excluding hydrogens is 292 g/mol. The van der Waals surface area contributed by atoms with E-state index in [0.29, 0.717) is 0 Å². The molecule has 23 heavy (non-hydrogen) atoms. The van der Waals surface area contributed by atoms with E-state index in [9.17, 15) is 15.2 Å². The first-order valence-electron chi connectivity index (χ1n) is 7.71.